The van der Waals surface area contributed by atoms with Gasteiger partial charge in [0.15, 0.2) is 0 Å². The Morgan fingerprint density at radius 3 is 1.50 bits per heavy atom. The molecule has 0 fully saturated rings. The molecule has 1 atom stereocenters. The van der Waals surface area contributed by atoms with Crippen molar-refractivity contribution in [3.05, 3.63) is 0 Å². The van der Waals surface area contributed by atoms with Crippen LogP contribution in [0.2, 0.25) is 0 Å². The smallest absolute Gasteiger partial charge is 0.0771 e. The summed E-state index contributed by atoms with van der Waals surface area (Å²) >= 11 is 0. The van der Waals surface area contributed by atoms with Gasteiger partial charge in [-0.05, 0) is 31.3 Å². The molecule has 98 valence electrons. The van der Waals surface area contributed by atoms with Crippen LogP contribution in [0.3, 0.4) is 0 Å². The van der Waals surface area contributed by atoms with E-state index in [1.807, 2.05) is 0 Å². The van der Waals surface area contributed by atoms with Gasteiger partial charge in [-0.15, -0.1) is 0 Å². The first-order valence-electron chi connectivity index (χ1n) is 6.73. The monoisotopic (exact) mass is 229 g/mol. The molecule has 1 unspecified atom stereocenters. The van der Waals surface area contributed by atoms with Crippen LogP contribution in [-0.2, 0) is 0 Å². The van der Waals surface area contributed by atoms with E-state index in [9.17, 15) is 5.11 Å². The fourth-order valence-electron chi connectivity index (χ4n) is 2.92. The van der Waals surface area contributed by atoms with Crippen LogP contribution in [-0.4, -0.2) is 34.7 Å². The first-order chi connectivity index (χ1) is 7.30. The van der Waals surface area contributed by atoms with Crippen LogP contribution in [0.15, 0.2) is 0 Å². The molecule has 0 saturated heterocycles. The molecule has 0 radical (unpaired) electrons. The number of rotatable bonds is 6. The molecular weight excluding hydrogens is 198 g/mol. The minimum absolute atomic E-state index is 0.0609. The lowest BCUT2D eigenvalue weighted by molar-refractivity contribution is -0.0865. The minimum Gasteiger partial charge on any atom is -0.391 e. The van der Waals surface area contributed by atoms with Crippen LogP contribution in [0.5, 0.6) is 0 Å². The summed E-state index contributed by atoms with van der Waals surface area (Å²) in [5, 5.41) is 10.7. The third kappa shape index (κ3) is 2.98. The SMILES string of the molecule is CCN(CC)C(CC)(CC)C(O)C(C)(C)C. The molecule has 0 spiro atoms. The molecule has 1 N–H and O–H groups in total. The molecule has 0 aliphatic rings. The van der Waals surface area contributed by atoms with E-state index in [1.165, 1.54) is 0 Å². The Balaban J connectivity index is 5.23. The van der Waals surface area contributed by atoms with Crippen LogP contribution in [0, 0.1) is 5.41 Å². The van der Waals surface area contributed by atoms with E-state index in [0.717, 1.165) is 25.9 Å². The molecule has 0 amide bonds. The zero-order chi connectivity index (χ0) is 13.0. The van der Waals surface area contributed by atoms with E-state index < -0.39 is 0 Å². The van der Waals surface area contributed by atoms with Crippen molar-refractivity contribution in [1.29, 1.82) is 0 Å². The van der Waals surface area contributed by atoms with Crippen LogP contribution in [0.25, 0.3) is 0 Å². The molecule has 0 saturated carbocycles. The topological polar surface area (TPSA) is 23.5 Å². The number of aliphatic hydroxyl groups excluding tert-OH is 1. The number of hydrogen-bond acceptors (Lipinski definition) is 2. The summed E-state index contributed by atoms with van der Waals surface area (Å²) in [6, 6.07) is 0. The highest BCUT2D eigenvalue weighted by atomic mass is 16.3. The molecule has 0 heterocycles. The number of nitrogens with zero attached hydrogens (tertiary/aromatic N) is 1. The molecule has 0 bridgehead atoms. The second-order valence-electron chi connectivity index (χ2n) is 5.75. The maximum atomic E-state index is 10.7. The minimum atomic E-state index is -0.283. The van der Waals surface area contributed by atoms with Crippen molar-refractivity contribution in [2.45, 2.75) is 73.0 Å². The van der Waals surface area contributed by atoms with E-state index in [2.05, 4.69) is 53.4 Å². The molecule has 0 aromatic rings. The lowest BCUT2D eigenvalue weighted by Gasteiger charge is -2.50. The van der Waals surface area contributed by atoms with Gasteiger partial charge in [-0.2, -0.15) is 0 Å². The summed E-state index contributed by atoms with van der Waals surface area (Å²) in [6.07, 6.45) is 1.72. The van der Waals surface area contributed by atoms with Crippen molar-refractivity contribution in [2.75, 3.05) is 13.1 Å². The van der Waals surface area contributed by atoms with E-state index >= 15 is 0 Å². The van der Waals surface area contributed by atoms with Gasteiger partial charge in [0, 0.05) is 5.54 Å². The Labute approximate surface area is 102 Å². The van der Waals surface area contributed by atoms with Gasteiger partial charge >= 0.3 is 0 Å². The first kappa shape index (κ1) is 15.9. The summed E-state index contributed by atoms with van der Waals surface area (Å²) in [7, 11) is 0. The Bertz CT molecular complexity index is 187. The fourth-order valence-corrected chi connectivity index (χ4v) is 2.92. The molecule has 0 aromatic carbocycles. The third-order valence-electron chi connectivity index (χ3n) is 3.95. The highest BCUT2D eigenvalue weighted by Crippen LogP contribution is 2.36. The number of likely N-dealkylation sites (N-methyl/N-ethyl adjacent to an activating group) is 1. The van der Waals surface area contributed by atoms with Crippen LogP contribution < -0.4 is 0 Å². The number of hydrogen-bond donors (Lipinski definition) is 1. The highest BCUT2D eigenvalue weighted by molar-refractivity contribution is 4.99. The highest BCUT2D eigenvalue weighted by Gasteiger charge is 2.44. The standard InChI is InChI=1S/C14H31NO/c1-8-14(9-2,15(10-3)11-4)12(16)13(5,6)7/h12,16H,8-11H2,1-7H3. The molecule has 2 nitrogen and oxygen atoms in total. The van der Waals surface area contributed by atoms with Gasteiger partial charge in [-0.25, -0.2) is 0 Å². The van der Waals surface area contributed by atoms with Gasteiger partial charge in [-0.3, -0.25) is 4.90 Å². The van der Waals surface area contributed by atoms with Crippen molar-refractivity contribution in [3.8, 4) is 0 Å². The van der Waals surface area contributed by atoms with Gasteiger partial charge in [-0.1, -0.05) is 48.5 Å². The molecular formula is C14H31NO. The van der Waals surface area contributed by atoms with E-state index in [0.29, 0.717) is 0 Å². The van der Waals surface area contributed by atoms with Crippen molar-refractivity contribution in [3.63, 3.8) is 0 Å². The lowest BCUT2D eigenvalue weighted by Crippen LogP contribution is -2.59. The number of aliphatic hydroxyl groups is 1. The summed E-state index contributed by atoms with van der Waals surface area (Å²) in [4.78, 5) is 2.42. The zero-order valence-electron chi connectivity index (χ0n) is 12.3. The van der Waals surface area contributed by atoms with Gasteiger partial charge in [0.2, 0.25) is 0 Å². The zero-order valence-corrected chi connectivity index (χ0v) is 12.3. The molecule has 0 rings (SSSR count). The maximum absolute atomic E-state index is 10.7. The van der Waals surface area contributed by atoms with E-state index in [1.54, 1.807) is 0 Å². The average molecular weight is 229 g/mol. The average Bonchev–Trinajstić information content (AvgIpc) is 2.24. The third-order valence-corrected chi connectivity index (χ3v) is 3.95. The van der Waals surface area contributed by atoms with Crippen LogP contribution >= 0.6 is 0 Å². The Hall–Kier alpha value is -0.0800. The van der Waals surface area contributed by atoms with E-state index in [-0.39, 0.29) is 17.1 Å². The predicted octanol–water partition coefficient (Wildman–Crippen LogP) is 3.29. The second-order valence-corrected chi connectivity index (χ2v) is 5.75. The Kier molecular flexibility index (Phi) is 5.99. The van der Waals surface area contributed by atoms with Crippen molar-refractivity contribution in [2.24, 2.45) is 5.41 Å². The molecule has 16 heavy (non-hydrogen) atoms. The maximum Gasteiger partial charge on any atom is 0.0771 e. The summed E-state index contributed by atoms with van der Waals surface area (Å²) < 4.78 is 0. The molecule has 0 aliphatic heterocycles. The van der Waals surface area contributed by atoms with Crippen molar-refractivity contribution < 1.29 is 5.11 Å². The van der Waals surface area contributed by atoms with Gasteiger partial charge in [0.1, 0.15) is 0 Å². The van der Waals surface area contributed by atoms with Crippen molar-refractivity contribution >= 4 is 0 Å². The van der Waals surface area contributed by atoms with Gasteiger partial charge in [0.25, 0.3) is 0 Å². The Morgan fingerprint density at radius 1 is 0.938 bits per heavy atom. The normalized spacial score (nSPS) is 15.6. The summed E-state index contributed by atoms with van der Waals surface area (Å²) in [5.74, 6) is 0. The van der Waals surface area contributed by atoms with Crippen molar-refractivity contribution in [1.82, 2.24) is 4.90 Å². The Morgan fingerprint density at radius 2 is 1.31 bits per heavy atom. The van der Waals surface area contributed by atoms with Crippen LogP contribution in [0.4, 0.5) is 0 Å². The summed E-state index contributed by atoms with van der Waals surface area (Å²) in [5.41, 5.74) is -0.129. The van der Waals surface area contributed by atoms with Gasteiger partial charge in [0.05, 0.1) is 6.10 Å². The predicted molar refractivity (Wildman–Crippen MR) is 71.7 cm³/mol. The molecule has 0 aliphatic carbocycles. The lowest BCUT2D eigenvalue weighted by atomic mass is 9.72. The second kappa shape index (κ2) is 6.02. The van der Waals surface area contributed by atoms with E-state index in [4.69, 9.17) is 0 Å². The first-order valence-corrected chi connectivity index (χ1v) is 6.73. The van der Waals surface area contributed by atoms with Gasteiger partial charge < -0.3 is 5.11 Å². The fraction of sp³-hybridized carbons (Fsp3) is 1.00. The summed E-state index contributed by atoms with van der Waals surface area (Å²) in [6.45, 7) is 17.1. The quantitative estimate of drug-likeness (QED) is 0.755. The largest absolute Gasteiger partial charge is 0.391 e. The van der Waals surface area contributed by atoms with Crippen LogP contribution in [0.1, 0.15) is 61.3 Å². The molecule has 0 aromatic heterocycles. The molecule has 2 heteroatoms.